The van der Waals surface area contributed by atoms with Crippen LogP contribution in [-0.2, 0) is 5.75 Å². The van der Waals surface area contributed by atoms with E-state index in [-0.39, 0.29) is 6.23 Å². The van der Waals surface area contributed by atoms with Gasteiger partial charge in [0.15, 0.2) is 11.9 Å². The number of anilines is 1. The van der Waals surface area contributed by atoms with Gasteiger partial charge in [0.1, 0.15) is 0 Å². The van der Waals surface area contributed by atoms with E-state index in [0.717, 1.165) is 22.6 Å². The van der Waals surface area contributed by atoms with E-state index < -0.39 is 0 Å². The second-order valence-electron chi connectivity index (χ2n) is 6.77. The van der Waals surface area contributed by atoms with Crippen molar-refractivity contribution >= 4 is 28.8 Å². The van der Waals surface area contributed by atoms with Crippen LogP contribution in [0.15, 0.2) is 70.5 Å². The molecule has 5 rings (SSSR count). The smallest absolute Gasteiger partial charge is 0.247 e. The van der Waals surface area contributed by atoms with Crippen LogP contribution in [0.5, 0.6) is 5.88 Å². The number of nitrogens with zero attached hydrogens (tertiary/aromatic N) is 3. The minimum atomic E-state index is -0.324. The third-order valence-electron chi connectivity index (χ3n) is 4.67. The Morgan fingerprint density at radius 2 is 1.93 bits per heavy atom. The number of benzene rings is 2. The lowest BCUT2D eigenvalue weighted by Crippen LogP contribution is -2.16. The summed E-state index contributed by atoms with van der Waals surface area (Å²) in [7, 11) is 0. The number of hydrogen-bond donors (Lipinski definition) is 1. The van der Waals surface area contributed by atoms with Crippen molar-refractivity contribution in [1.82, 2.24) is 15.2 Å². The summed E-state index contributed by atoms with van der Waals surface area (Å²) in [6.07, 6.45) is -0.324. The molecular weight excluding hydrogens is 400 g/mol. The fourth-order valence-electron chi connectivity index (χ4n) is 3.12. The molecule has 0 aliphatic carbocycles. The fraction of sp³-hybridized carbons (Fsp3) is 0.136. The molecule has 3 heterocycles. The number of para-hydroxylation sites is 1. The van der Waals surface area contributed by atoms with Gasteiger partial charge >= 0.3 is 0 Å². The summed E-state index contributed by atoms with van der Waals surface area (Å²) in [6, 6.07) is 18.5. The van der Waals surface area contributed by atoms with Crippen LogP contribution in [0.3, 0.4) is 0 Å². The maximum Gasteiger partial charge on any atom is 0.247 e. The highest BCUT2D eigenvalue weighted by molar-refractivity contribution is 7.98. The average molecular weight is 419 g/mol. The Kier molecular flexibility index (Phi) is 4.91. The molecule has 0 saturated carbocycles. The lowest BCUT2D eigenvalue weighted by Gasteiger charge is -2.17. The Balaban J connectivity index is 1.47. The topological polar surface area (TPSA) is 59.9 Å². The molecule has 2 aromatic heterocycles. The van der Waals surface area contributed by atoms with Crippen LogP contribution < -0.4 is 10.1 Å². The minimum absolute atomic E-state index is 0.324. The summed E-state index contributed by atoms with van der Waals surface area (Å²) in [5.74, 6) is 1.28. The summed E-state index contributed by atoms with van der Waals surface area (Å²) in [4.78, 5) is 4.70. The first-order chi connectivity index (χ1) is 14.3. The maximum absolute atomic E-state index is 6.26. The Labute approximate surface area is 177 Å². The number of rotatable bonds is 4. The van der Waals surface area contributed by atoms with Crippen LogP contribution >= 0.6 is 23.1 Å². The number of hydrogen-bond acceptors (Lipinski definition) is 7. The Morgan fingerprint density at radius 3 is 2.76 bits per heavy atom. The van der Waals surface area contributed by atoms with Gasteiger partial charge in [-0.25, -0.2) is 0 Å². The molecule has 0 bridgehead atoms. The van der Waals surface area contributed by atoms with E-state index in [9.17, 15) is 0 Å². The van der Waals surface area contributed by atoms with Gasteiger partial charge in [0.25, 0.3) is 0 Å². The van der Waals surface area contributed by atoms with Crippen molar-refractivity contribution in [2.24, 2.45) is 0 Å². The molecule has 0 fully saturated rings. The lowest BCUT2D eigenvalue weighted by atomic mass is 10.1. The number of ether oxygens (including phenoxy) is 1. The van der Waals surface area contributed by atoms with Crippen LogP contribution in [0.2, 0.25) is 0 Å². The molecule has 1 aliphatic heterocycles. The zero-order valence-corrected chi connectivity index (χ0v) is 17.3. The second kappa shape index (κ2) is 7.85. The SMILES string of the molecule is Cc1ccc(CSc2nnc3c(n2)O[C@H](c2ccsc2)Nc2ccccc2-3)cc1. The van der Waals surface area contributed by atoms with Gasteiger partial charge in [0.2, 0.25) is 11.0 Å². The van der Waals surface area contributed by atoms with E-state index in [1.54, 1.807) is 23.1 Å². The van der Waals surface area contributed by atoms with Crippen molar-refractivity contribution in [2.45, 2.75) is 24.1 Å². The van der Waals surface area contributed by atoms with Crippen molar-refractivity contribution < 1.29 is 4.74 Å². The van der Waals surface area contributed by atoms with E-state index in [1.807, 2.05) is 29.6 Å². The Bertz CT molecular complexity index is 1130. The van der Waals surface area contributed by atoms with Gasteiger partial charge in [-0.2, -0.15) is 16.3 Å². The first-order valence-electron chi connectivity index (χ1n) is 9.24. The second-order valence-corrected chi connectivity index (χ2v) is 8.49. The number of thiophene rings is 1. The summed E-state index contributed by atoms with van der Waals surface area (Å²) in [6.45, 7) is 2.09. The Morgan fingerprint density at radius 1 is 1.07 bits per heavy atom. The first-order valence-corrected chi connectivity index (χ1v) is 11.2. The van der Waals surface area contributed by atoms with E-state index in [2.05, 4.69) is 58.1 Å². The van der Waals surface area contributed by atoms with Crippen molar-refractivity contribution in [2.75, 3.05) is 5.32 Å². The van der Waals surface area contributed by atoms with Gasteiger partial charge in [-0.05, 0) is 35.4 Å². The molecule has 29 heavy (non-hydrogen) atoms. The largest absolute Gasteiger partial charge is 0.448 e. The average Bonchev–Trinajstić information content (AvgIpc) is 3.23. The number of nitrogens with one attached hydrogen (secondary N) is 1. The zero-order chi connectivity index (χ0) is 19.6. The molecule has 0 amide bonds. The molecule has 144 valence electrons. The van der Waals surface area contributed by atoms with Crippen molar-refractivity contribution in [3.63, 3.8) is 0 Å². The monoisotopic (exact) mass is 418 g/mol. The fourth-order valence-corrected chi connectivity index (χ4v) is 4.52. The molecule has 7 heteroatoms. The number of aromatic nitrogens is 3. The lowest BCUT2D eigenvalue weighted by molar-refractivity contribution is 0.225. The summed E-state index contributed by atoms with van der Waals surface area (Å²) >= 11 is 3.20. The van der Waals surface area contributed by atoms with Crippen molar-refractivity contribution in [3.8, 4) is 17.1 Å². The highest BCUT2D eigenvalue weighted by Gasteiger charge is 2.26. The molecule has 1 N–H and O–H groups in total. The summed E-state index contributed by atoms with van der Waals surface area (Å²) in [5.41, 5.74) is 6.09. The van der Waals surface area contributed by atoms with Crippen molar-refractivity contribution in [3.05, 3.63) is 82.0 Å². The van der Waals surface area contributed by atoms with Gasteiger partial charge in [-0.15, -0.1) is 10.2 Å². The third kappa shape index (κ3) is 3.83. The van der Waals surface area contributed by atoms with Crippen LogP contribution in [0.1, 0.15) is 22.9 Å². The quantitative estimate of drug-likeness (QED) is 0.429. The van der Waals surface area contributed by atoms with Crippen LogP contribution in [-0.4, -0.2) is 15.2 Å². The molecule has 2 aromatic carbocycles. The predicted octanol–water partition coefficient (Wildman–Crippen LogP) is 5.70. The van der Waals surface area contributed by atoms with Crippen LogP contribution in [0.4, 0.5) is 5.69 Å². The van der Waals surface area contributed by atoms with E-state index >= 15 is 0 Å². The third-order valence-corrected chi connectivity index (χ3v) is 6.28. The molecule has 1 atom stereocenters. The highest BCUT2D eigenvalue weighted by atomic mass is 32.2. The predicted molar refractivity (Wildman–Crippen MR) is 117 cm³/mol. The maximum atomic E-state index is 6.26. The van der Waals surface area contributed by atoms with Gasteiger partial charge in [0.05, 0.1) is 0 Å². The van der Waals surface area contributed by atoms with Gasteiger partial charge in [-0.1, -0.05) is 59.8 Å². The van der Waals surface area contributed by atoms with Crippen LogP contribution in [0, 0.1) is 6.92 Å². The molecule has 0 unspecified atom stereocenters. The molecule has 4 aromatic rings. The van der Waals surface area contributed by atoms with E-state index in [1.165, 1.54) is 11.1 Å². The summed E-state index contributed by atoms with van der Waals surface area (Å²) in [5, 5.41) is 17.0. The number of aryl methyl sites for hydroxylation is 1. The molecule has 0 radical (unpaired) electrons. The first kappa shape index (κ1) is 18.1. The molecule has 0 saturated heterocycles. The van der Waals surface area contributed by atoms with Crippen molar-refractivity contribution in [1.29, 1.82) is 0 Å². The minimum Gasteiger partial charge on any atom is -0.448 e. The zero-order valence-electron chi connectivity index (χ0n) is 15.7. The number of fused-ring (bicyclic) bond motifs is 3. The highest BCUT2D eigenvalue weighted by Crippen LogP contribution is 2.39. The number of thioether (sulfide) groups is 1. The van der Waals surface area contributed by atoms with Gasteiger partial charge in [0, 0.05) is 22.6 Å². The van der Waals surface area contributed by atoms with E-state index in [4.69, 9.17) is 9.72 Å². The normalized spacial score (nSPS) is 14.9. The molecule has 5 nitrogen and oxygen atoms in total. The Hall–Kier alpha value is -2.90. The molecule has 1 aliphatic rings. The molecular formula is C22H18N4OS2. The molecule has 0 spiro atoms. The van der Waals surface area contributed by atoms with Crippen LogP contribution in [0.25, 0.3) is 11.3 Å². The standard InChI is InChI=1S/C22H18N4OS2/c1-14-6-8-15(9-7-14)12-29-22-24-21-19(25-26-22)17-4-2-3-5-18(17)23-20(27-21)16-10-11-28-13-16/h2-11,13,20,23H,12H2,1H3/t20-/m1/s1. The van der Waals surface area contributed by atoms with Gasteiger partial charge in [-0.3, -0.25) is 0 Å². The van der Waals surface area contributed by atoms with E-state index in [0.29, 0.717) is 16.7 Å². The van der Waals surface area contributed by atoms with Gasteiger partial charge < -0.3 is 10.1 Å². The summed E-state index contributed by atoms with van der Waals surface area (Å²) < 4.78 is 6.26.